The number of methoxy groups -OCH3 is 1. The summed E-state index contributed by atoms with van der Waals surface area (Å²) in [7, 11) is -4.29. The fourth-order valence-electron chi connectivity index (χ4n) is 16.4. The van der Waals surface area contributed by atoms with E-state index in [2.05, 4.69) is 40.3 Å². The summed E-state index contributed by atoms with van der Waals surface area (Å²) >= 11 is 0. The molecule has 0 radical (unpaired) electrons. The summed E-state index contributed by atoms with van der Waals surface area (Å²) in [5.74, 6) is -0.141. The maximum Gasteiger partial charge on any atom is 1.00 e. The van der Waals surface area contributed by atoms with Crippen LogP contribution in [0, 0.1) is 39.4 Å². The van der Waals surface area contributed by atoms with Gasteiger partial charge in [0.2, 0.25) is 10.4 Å². The van der Waals surface area contributed by atoms with Gasteiger partial charge in [0.15, 0.2) is 31.5 Å². The van der Waals surface area contributed by atoms with E-state index >= 15 is 0 Å². The monoisotopic (exact) mass is 1230 g/mol. The van der Waals surface area contributed by atoms with E-state index in [0.29, 0.717) is 32.1 Å². The number of esters is 1. The summed E-state index contributed by atoms with van der Waals surface area (Å²) in [5, 5.41) is 122. The largest absolute Gasteiger partial charge is 1.00 e. The Kier molecular flexibility index (Phi) is 20.2. The molecular weight excluding hydrogens is 1150 g/mol. The summed E-state index contributed by atoms with van der Waals surface area (Å²) in [6.45, 7) is 13.4. The van der Waals surface area contributed by atoms with E-state index in [4.69, 9.17) is 61.0 Å². The first-order chi connectivity index (χ1) is 39.0. The summed E-state index contributed by atoms with van der Waals surface area (Å²) in [6, 6.07) is 0. The average molecular weight is 1240 g/mol. The van der Waals surface area contributed by atoms with E-state index in [1.54, 1.807) is 0 Å². The predicted octanol–water partition coefficient (Wildman–Crippen LogP) is -6.39. The van der Waals surface area contributed by atoms with Gasteiger partial charge in [-0.25, -0.2) is 8.42 Å². The van der Waals surface area contributed by atoms with Crippen LogP contribution in [-0.4, -0.2) is 262 Å². The zero-order valence-corrected chi connectivity index (χ0v) is 51.1. The van der Waals surface area contributed by atoms with Crippen molar-refractivity contribution in [3.8, 4) is 0 Å². The third-order valence-electron chi connectivity index (χ3n) is 20.6. The maximum absolute atomic E-state index is 13.8. The first-order valence-electron chi connectivity index (χ1n) is 28.5. The number of allylic oxidation sites excluding steroid dienone is 2. The van der Waals surface area contributed by atoms with Gasteiger partial charge < -0.3 is 118 Å². The van der Waals surface area contributed by atoms with Gasteiger partial charge in [0.05, 0.1) is 44.1 Å². The van der Waals surface area contributed by atoms with Crippen LogP contribution < -0.4 is 29.6 Å². The van der Waals surface area contributed by atoms with E-state index in [-0.39, 0.29) is 71.4 Å². The summed E-state index contributed by atoms with van der Waals surface area (Å²) in [6.07, 6.45) is -35.7. The summed E-state index contributed by atoms with van der Waals surface area (Å²) in [4.78, 5) is 13.8. The van der Waals surface area contributed by atoms with E-state index < -0.39 is 194 Å². The molecule has 4 aliphatic carbocycles. The first kappa shape index (κ1) is 67.3. The van der Waals surface area contributed by atoms with E-state index in [1.807, 2.05) is 6.92 Å². The normalized spacial score (nSPS) is 51.8. The molecule has 6 saturated heterocycles. The second kappa shape index (κ2) is 25.2. The van der Waals surface area contributed by atoms with Gasteiger partial charge in [-0.05, 0) is 75.0 Å². The minimum absolute atomic E-state index is 0. The molecule has 84 heavy (non-hydrogen) atoms. The number of rotatable bonds is 16. The summed E-state index contributed by atoms with van der Waals surface area (Å²) in [5.41, 5.74) is 0.134. The molecule has 0 amide bonds. The molecule has 10 rings (SSSR count). The van der Waals surface area contributed by atoms with Crippen molar-refractivity contribution >= 4 is 16.4 Å². The molecule has 1 spiro atoms. The minimum atomic E-state index is -5.51. The van der Waals surface area contributed by atoms with Gasteiger partial charge in [0.1, 0.15) is 110 Å². The number of aliphatic hydroxyl groups excluding tert-OH is 11. The molecule has 6 heterocycles. The van der Waals surface area contributed by atoms with Gasteiger partial charge >= 0.3 is 35.5 Å². The molecule has 31 atom stereocenters. The van der Waals surface area contributed by atoms with Gasteiger partial charge in [-0.2, -0.15) is 0 Å². The minimum Gasteiger partial charge on any atom is -0.726 e. The number of hydrogen-bond donors (Lipinski definition) is 11. The van der Waals surface area contributed by atoms with Crippen molar-refractivity contribution in [3.05, 3.63) is 23.8 Å². The van der Waals surface area contributed by atoms with Crippen LogP contribution in [0.3, 0.4) is 0 Å². The molecule has 6 aliphatic heterocycles. The van der Waals surface area contributed by atoms with Crippen LogP contribution in [0.15, 0.2) is 23.8 Å². The second-order valence-electron chi connectivity index (χ2n) is 25.5. The van der Waals surface area contributed by atoms with Gasteiger partial charge in [0, 0.05) is 18.4 Å². The number of carbonyl (C=O) groups excluding carboxylic acids is 1. The van der Waals surface area contributed by atoms with Gasteiger partial charge in [0.25, 0.3) is 0 Å². The molecule has 28 nitrogen and oxygen atoms in total. The first-order valence-corrected chi connectivity index (χ1v) is 29.9. The van der Waals surface area contributed by atoms with Crippen LogP contribution in [-0.2, 0) is 76.2 Å². The Hall–Kier alpha value is -1.06. The second-order valence-corrected chi connectivity index (χ2v) is 26.5. The number of carbonyl (C=O) groups is 1. The fraction of sp³-hybridized carbons (Fsp3) is 0.907. The molecule has 11 N–H and O–H groups in total. The molecule has 0 aromatic heterocycles. The van der Waals surface area contributed by atoms with Crippen molar-refractivity contribution in [1.82, 2.24) is 0 Å². The summed E-state index contributed by atoms with van der Waals surface area (Å²) < 4.78 is 113. The molecule has 30 heteroatoms. The molecule has 474 valence electrons. The van der Waals surface area contributed by atoms with Crippen molar-refractivity contribution < 1.29 is 165 Å². The van der Waals surface area contributed by atoms with Gasteiger partial charge in [-0.1, -0.05) is 51.5 Å². The Morgan fingerprint density at radius 2 is 1.30 bits per heavy atom. The number of fused-ring (bicyclic) bond motifs is 5. The Bertz CT molecular complexity index is 2490. The molecule has 0 unspecified atom stereocenters. The smallest absolute Gasteiger partial charge is 0.726 e. The molecule has 3 saturated carbocycles. The van der Waals surface area contributed by atoms with Crippen LogP contribution in [0.25, 0.3) is 0 Å². The topological polar surface area (TPSA) is 417 Å². The number of ether oxygens (including phenoxy) is 12. The van der Waals surface area contributed by atoms with Crippen LogP contribution in [0.2, 0.25) is 0 Å². The average Bonchev–Trinajstić information content (AvgIpc) is 1.55. The van der Waals surface area contributed by atoms with E-state index in [1.165, 1.54) is 19.6 Å². The van der Waals surface area contributed by atoms with Crippen molar-refractivity contribution in [3.63, 3.8) is 0 Å². The molecule has 9 fully saturated rings. The van der Waals surface area contributed by atoms with Crippen LogP contribution in [0.1, 0.15) is 80.1 Å². The van der Waals surface area contributed by atoms with Crippen molar-refractivity contribution in [2.45, 2.75) is 234 Å². The maximum atomic E-state index is 13.8. The van der Waals surface area contributed by atoms with Gasteiger partial charge in [-0.3, -0.25) is 8.98 Å². The van der Waals surface area contributed by atoms with E-state index in [0.717, 1.165) is 12.0 Å². The van der Waals surface area contributed by atoms with Gasteiger partial charge in [-0.15, -0.1) is 0 Å². The Morgan fingerprint density at radius 3 is 1.94 bits per heavy atom. The Labute approximate surface area is 508 Å². The third kappa shape index (κ3) is 11.4. The standard InChI is InChI=1S/C54H84O28S.Na/c1-20(2)31-25-15-53(7)23-9-10-29-51(4,5)30(12-13-52(29,6)22(23)11-14-54(31,53)50(66)76-25)77-48-43(34(60)28(19-72-48)82-83(67,68)69)81-49-44(80-46-36(62)35(61)32(58)26(16-55)74-46)37(63)40(21(3)73-49)78-47-39(65)42(33(59)27(17-56)75-47)79-45-38(64)41(70-8)24(57)18-71-45;/h9,21-22,24-49,55-65H,1,10-19H2,2-8H3,(H,67,68,69);/q;+1/p-1/t21-,22+,24-,25-,26-,27-,28-,29+,30+,31+,32-,33-,34+,35+,36-,37+,38-,39-,40-,41+,42+,43-,44-,45+,46+,47+,48+,49+,52-,53+,54-;/m1./s1. The van der Waals surface area contributed by atoms with Crippen LogP contribution in [0.4, 0.5) is 0 Å². The van der Waals surface area contributed by atoms with Crippen LogP contribution in [0.5, 0.6) is 0 Å². The molecule has 2 bridgehead atoms. The Morgan fingerprint density at radius 1 is 0.702 bits per heavy atom. The third-order valence-corrected chi connectivity index (χ3v) is 21.0. The number of hydrogen-bond acceptors (Lipinski definition) is 28. The molecule has 0 aromatic rings. The molecule has 0 aromatic carbocycles. The predicted molar refractivity (Wildman–Crippen MR) is 272 cm³/mol. The fourth-order valence-corrected chi connectivity index (χ4v) is 16.9. The van der Waals surface area contributed by atoms with E-state index in [9.17, 15) is 73.9 Å². The van der Waals surface area contributed by atoms with Crippen molar-refractivity contribution in [1.29, 1.82) is 0 Å². The van der Waals surface area contributed by atoms with Crippen molar-refractivity contribution in [2.75, 3.05) is 33.5 Å². The Balaban J connectivity index is 0.00000846. The van der Waals surface area contributed by atoms with Crippen LogP contribution >= 0.6 is 0 Å². The SMILES string of the molecule is C=C(C)[C@H]1[C@H]2C[C@@]3(C)C4=CC[C@H]5C(C)(C)[C@@H](O[C@@H]6OC[C@@H](OS(=O)(=O)[O-])[C@H](O)[C@H]6O[C@@H]6O[C@H](C)[C@@H](O[C@@H]7O[C@H](CO)[C@@H](O)[C@H](O[C@@H]8OC[C@@H](O)[C@H](OC)[C@H]8O)[C@H]7O)[C@H](O)[C@H]6O[C@@H]6O[C@H](CO)[C@@H](O)[C@H](O)[C@H]6O)CC[C@]5(C)[C@H]4CC[C@]13C(=O)O2.[Na+]. The zero-order valence-electron chi connectivity index (χ0n) is 48.3. The quantitative estimate of drug-likeness (QED) is 0.0225. The molecule has 10 aliphatic rings. The van der Waals surface area contributed by atoms with Crippen molar-refractivity contribution in [2.24, 2.45) is 39.4 Å². The zero-order chi connectivity index (χ0) is 60.4. The number of aliphatic hydroxyl groups is 11. The molecular formula is C54H83NaO28S.